The van der Waals surface area contributed by atoms with Gasteiger partial charge in [0.1, 0.15) is 0 Å². The van der Waals surface area contributed by atoms with E-state index in [0.717, 1.165) is 28.1 Å². The van der Waals surface area contributed by atoms with E-state index in [1.165, 1.54) is 0 Å². The molecule has 0 aliphatic rings. The lowest BCUT2D eigenvalue weighted by atomic mass is 10.3. The van der Waals surface area contributed by atoms with Crippen LogP contribution in [0.4, 0.5) is 0 Å². The molecule has 0 unspecified atom stereocenters. The molecular formula is C11H14BrClN4. The van der Waals surface area contributed by atoms with Crippen molar-refractivity contribution in [2.75, 3.05) is 0 Å². The molecule has 0 saturated carbocycles. The van der Waals surface area contributed by atoms with Crippen LogP contribution in [-0.4, -0.2) is 19.6 Å². The van der Waals surface area contributed by atoms with Crippen LogP contribution in [0.3, 0.4) is 0 Å². The summed E-state index contributed by atoms with van der Waals surface area (Å²) in [5.41, 5.74) is 2.96. The molecule has 4 nitrogen and oxygen atoms in total. The number of halogens is 2. The average molecular weight is 318 g/mol. The van der Waals surface area contributed by atoms with Crippen molar-refractivity contribution < 1.29 is 0 Å². The molecule has 6 heteroatoms. The first-order valence-electron chi connectivity index (χ1n) is 5.44. The summed E-state index contributed by atoms with van der Waals surface area (Å²) < 4.78 is 4.86. The van der Waals surface area contributed by atoms with Crippen molar-refractivity contribution in [2.24, 2.45) is 0 Å². The zero-order valence-electron chi connectivity index (χ0n) is 10.0. The number of aryl methyl sites for hydroxylation is 3. The Hall–Kier alpha value is -0.810. The quantitative estimate of drug-likeness (QED) is 0.871. The zero-order valence-corrected chi connectivity index (χ0v) is 12.4. The molecule has 92 valence electrons. The van der Waals surface area contributed by atoms with E-state index in [-0.39, 0.29) is 0 Å². The Kier molecular flexibility index (Phi) is 3.58. The van der Waals surface area contributed by atoms with E-state index in [1.807, 2.05) is 29.4 Å². The van der Waals surface area contributed by atoms with Crippen LogP contribution in [0.15, 0.2) is 10.7 Å². The highest BCUT2D eigenvalue weighted by Crippen LogP contribution is 2.22. The summed E-state index contributed by atoms with van der Waals surface area (Å²) in [6.45, 7) is 7.47. The maximum absolute atomic E-state index is 6.00. The van der Waals surface area contributed by atoms with Crippen LogP contribution >= 0.6 is 27.5 Å². The Balaban J connectivity index is 2.35. The van der Waals surface area contributed by atoms with Gasteiger partial charge in [0.2, 0.25) is 0 Å². The Labute approximate surface area is 114 Å². The maximum atomic E-state index is 6.00. The van der Waals surface area contributed by atoms with E-state index in [2.05, 4.69) is 33.1 Å². The normalized spacial score (nSPS) is 11.1. The van der Waals surface area contributed by atoms with E-state index >= 15 is 0 Å². The zero-order chi connectivity index (χ0) is 12.6. The molecule has 2 rings (SSSR count). The van der Waals surface area contributed by atoms with Crippen LogP contribution in [0.1, 0.15) is 24.0 Å². The van der Waals surface area contributed by atoms with Crippen LogP contribution < -0.4 is 0 Å². The topological polar surface area (TPSA) is 35.6 Å². The van der Waals surface area contributed by atoms with Gasteiger partial charge in [0.25, 0.3) is 0 Å². The van der Waals surface area contributed by atoms with Gasteiger partial charge in [0.05, 0.1) is 33.1 Å². The fourth-order valence-corrected chi connectivity index (χ4v) is 2.31. The van der Waals surface area contributed by atoms with Crippen LogP contribution in [0.5, 0.6) is 0 Å². The number of rotatable bonds is 3. The van der Waals surface area contributed by atoms with Gasteiger partial charge in [-0.1, -0.05) is 11.6 Å². The van der Waals surface area contributed by atoms with E-state index < -0.39 is 0 Å². The monoisotopic (exact) mass is 316 g/mol. The minimum atomic E-state index is 0.669. The molecule has 2 aromatic rings. The van der Waals surface area contributed by atoms with Crippen LogP contribution in [0.2, 0.25) is 5.02 Å². The lowest BCUT2D eigenvalue weighted by molar-refractivity contribution is 0.572. The molecule has 2 aromatic heterocycles. The average Bonchev–Trinajstić information content (AvgIpc) is 2.74. The SMILES string of the molecule is CCn1nc(C)c(Br)c1Cn1cc(Cl)c(C)n1. The predicted molar refractivity (Wildman–Crippen MR) is 71.4 cm³/mol. The summed E-state index contributed by atoms with van der Waals surface area (Å²) in [5.74, 6) is 0. The molecule has 17 heavy (non-hydrogen) atoms. The minimum Gasteiger partial charge on any atom is -0.267 e. The van der Waals surface area contributed by atoms with Crippen LogP contribution in [0.25, 0.3) is 0 Å². The standard InChI is InChI=1S/C11H14BrClN4/c1-4-17-10(11(12)8(3)15-17)6-16-5-9(13)7(2)14-16/h5H,4,6H2,1-3H3. The molecule has 0 N–H and O–H groups in total. The largest absolute Gasteiger partial charge is 0.267 e. The van der Waals surface area contributed by atoms with Crippen molar-refractivity contribution in [1.29, 1.82) is 0 Å². The van der Waals surface area contributed by atoms with Crippen molar-refractivity contribution >= 4 is 27.5 Å². The summed E-state index contributed by atoms with van der Waals surface area (Å²) in [5, 5.41) is 9.50. The van der Waals surface area contributed by atoms with Gasteiger partial charge in [-0.2, -0.15) is 10.2 Å². The molecular weight excluding hydrogens is 304 g/mol. The fraction of sp³-hybridized carbons (Fsp3) is 0.455. The van der Waals surface area contributed by atoms with Gasteiger partial charge < -0.3 is 0 Å². The molecule has 0 bridgehead atoms. The van der Waals surface area contributed by atoms with Gasteiger partial charge in [0, 0.05) is 12.7 Å². The summed E-state index contributed by atoms with van der Waals surface area (Å²) in [7, 11) is 0. The molecule has 0 spiro atoms. The lowest BCUT2D eigenvalue weighted by Crippen LogP contribution is -2.08. The number of hydrogen-bond acceptors (Lipinski definition) is 2. The van der Waals surface area contributed by atoms with Gasteiger partial charge in [-0.25, -0.2) is 0 Å². The lowest BCUT2D eigenvalue weighted by Gasteiger charge is -2.05. The van der Waals surface area contributed by atoms with Crippen molar-refractivity contribution in [1.82, 2.24) is 19.6 Å². The molecule has 0 atom stereocenters. The third-order valence-electron chi connectivity index (χ3n) is 2.65. The molecule has 0 aliphatic carbocycles. The fourth-order valence-electron chi connectivity index (χ4n) is 1.75. The second-order valence-electron chi connectivity index (χ2n) is 3.92. The number of aromatic nitrogens is 4. The summed E-state index contributed by atoms with van der Waals surface area (Å²) in [4.78, 5) is 0. The van der Waals surface area contributed by atoms with Crippen LogP contribution in [-0.2, 0) is 13.1 Å². The first-order chi connectivity index (χ1) is 8.02. The highest BCUT2D eigenvalue weighted by Gasteiger charge is 2.13. The number of hydrogen-bond donors (Lipinski definition) is 0. The van der Waals surface area contributed by atoms with Gasteiger partial charge >= 0.3 is 0 Å². The third kappa shape index (κ3) is 2.40. The molecule has 0 amide bonds. The highest BCUT2D eigenvalue weighted by molar-refractivity contribution is 9.10. The molecule has 2 heterocycles. The third-order valence-corrected chi connectivity index (χ3v) is 4.05. The van der Waals surface area contributed by atoms with Gasteiger partial charge in [-0.3, -0.25) is 9.36 Å². The smallest absolute Gasteiger partial charge is 0.0840 e. The number of nitrogens with zero attached hydrogens (tertiary/aromatic N) is 4. The van der Waals surface area contributed by atoms with Crippen molar-refractivity contribution in [3.63, 3.8) is 0 Å². The Morgan fingerprint density at radius 3 is 2.53 bits per heavy atom. The van der Waals surface area contributed by atoms with E-state index in [0.29, 0.717) is 11.6 Å². The highest BCUT2D eigenvalue weighted by atomic mass is 79.9. The second-order valence-corrected chi connectivity index (χ2v) is 5.12. The first kappa shape index (κ1) is 12.6. The minimum absolute atomic E-state index is 0.669. The van der Waals surface area contributed by atoms with E-state index in [4.69, 9.17) is 11.6 Å². The molecule has 0 fully saturated rings. The molecule has 0 saturated heterocycles. The summed E-state index contributed by atoms with van der Waals surface area (Å²) in [6, 6.07) is 0. The van der Waals surface area contributed by atoms with E-state index in [9.17, 15) is 0 Å². The van der Waals surface area contributed by atoms with Crippen molar-refractivity contribution in [2.45, 2.75) is 33.9 Å². The van der Waals surface area contributed by atoms with Gasteiger partial charge in [-0.15, -0.1) is 0 Å². The maximum Gasteiger partial charge on any atom is 0.0840 e. The summed E-state index contributed by atoms with van der Waals surface area (Å²) in [6.07, 6.45) is 1.84. The molecule has 0 aliphatic heterocycles. The van der Waals surface area contributed by atoms with Gasteiger partial charge in [-0.05, 0) is 36.7 Å². The van der Waals surface area contributed by atoms with Crippen molar-refractivity contribution in [3.05, 3.63) is 32.8 Å². The predicted octanol–water partition coefficient (Wildman–Crippen LogP) is 3.18. The Bertz CT molecular complexity index is 524. The summed E-state index contributed by atoms with van der Waals surface area (Å²) >= 11 is 9.56. The van der Waals surface area contributed by atoms with Crippen molar-refractivity contribution in [3.8, 4) is 0 Å². The Morgan fingerprint density at radius 2 is 2.00 bits per heavy atom. The first-order valence-corrected chi connectivity index (χ1v) is 6.61. The van der Waals surface area contributed by atoms with Crippen LogP contribution in [0, 0.1) is 13.8 Å². The second kappa shape index (κ2) is 4.82. The molecule has 0 aromatic carbocycles. The van der Waals surface area contributed by atoms with E-state index in [1.54, 1.807) is 0 Å². The molecule has 0 radical (unpaired) electrons. The Morgan fingerprint density at radius 1 is 1.29 bits per heavy atom. The van der Waals surface area contributed by atoms with Gasteiger partial charge in [0.15, 0.2) is 0 Å².